The number of aliphatic hydroxyl groups excluding tert-OH is 1. The summed E-state index contributed by atoms with van der Waals surface area (Å²) in [5, 5.41) is 20.9. The molecule has 34 heavy (non-hydrogen) atoms. The van der Waals surface area contributed by atoms with Gasteiger partial charge in [-0.15, -0.1) is 5.10 Å². The number of rotatable bonds is 6. The predicted octanol–water partition coefficient (Wildman–Crippen LogP) is 3.01. The molecular formula is C23H25F3N6O2. The average Bonchev–Trinajstić information content (AvgIpc) is 2.82. The molecule has 3 heterocycles. The Morgan fingerprint density at radius 1 is 1.26 bits per heavy atom. The Morgan fingerprint density at radius 2 is 2.03 bits per heavy atom. The van der Waals surface area contributed by atoms with Crippen LogP contribution in [0.15, 0.2) is 30.5 Å². The third-order valence-electron chi connectivity index (χ3n) is 6.03. The molecule has 0 saturated carbocycles. The van der Waals surface area contributed by atoms with Crippen LogP contribution in [-0.2, 0) is 10.7 Å². The summed E-state index contributed by atoms with van der Waals surface area (Å²) in [6, 6.07) is 4.76. The van der Waals surface area contributed by atoms with Gasteiger partial charge in [-0.3, -0.25) is 9.78 Å². The van der Waals surface area contributed by atoms with Crippen molar-refractivity contribution >= 4 is 28.3 Å². The molecule has 1 saturated heterocycles. The van der Waals surface area contributed by atoms with Crippen LogP contribution < -0.4 is 10.2 Å². The zero-order valence-corrected chi connectivity index (χ0v) is 19.0. The molecule has 8 nitrogen and oxygen atoms in total. The van der Waals surface area contributed by atoms with Gasteiger partial charge in [0.15, 0.2) is 5.82 Å². The van der Waals surface area contributed by atoms with Crippen LogP contribution in [0.25, 0.3) is 10.9 Å². The van der Waals surface area contributed by atoms with E-state index >= 15 is 0 Å². The van der Waals surface area contributed by atoms with Crippen molar-refractivity contribution in [2.75, 3.05) is 43.5 Å². The molecule has 1 aromatic carbocycles. The highest BCUT2D eigenvalue weighted by atomic mass is 19.3. The van der Waals surface area contributed by atoms with Crippen molar-refractivity contribution < 1.29 is 23.1 Å². The molecule has 1 aliphatic heterocycles. The average molecular weight is 474 g/mol. The number of nitrogens with one attached hydrogen (secondary N) is 1. The quantitative estimate of drug-likeness (QED) is 0.567. The first-order chi connectivity index (χ1) is 16.1. The van der Waals surface area contributed by atoms with E-state index in [2.05, 4.69) is 20.5 Å². The summed E-state index contributed by atoms with van der Waals surface area (Å²) in [4.78, 5) is 20.2. The second-order valence-corrected chi connectivity index (χ2v) is 8.40. The lowest BCUT2D eigenvalue weighted by Crippen LogP contribution is -2.48. The second kappa shape index (κ2) is 9.05. The van der Waals surface area contributed by atoms with Crippen molar-refractivity contribution in [3.05, 3.63) is 53.1 Å². The minimum absolute atomic E-state index is 0.00242. The molecule has 2 aromatic heterocycles. The SMILES string of the molecule is Cc1nnc(N[C@H](C)c2cccc(C(F)(F)CO)c2F)c2cc(N3CCN(C)C(=O)C3)cnc12. The topological polar surface area (TPSA) is 94.5 Å². The number of fused-ring (bicyclic) bond motifs is 1. The summed E-state index contributed by atoms with van der Waals surface area (Å²) >= 11 is 0. The van der Waals surface area contributed by atoms with Crippen molar-refractivity contribution in [3.63, 3.8) is 0 Å². The number of halogens is 3. The molecule has 1 fully saturated rings. The van der Waals surface area contributed by atoms with Crippen molar-refractivity contribution in [2.24, 2.45) is 0 Å². The number of piperazine rings is 1. The lowest BCUT2D eigenvalue weighted by molar-refractivity contribution is -0.129. The number of hydrogen-bond donors (Lipinski definition) is 2. The van der Waals surface area contributed by atoms with Crippen LogP contribution in [0.5, 0.6) is 0 Å². The van der Waals surface area contributed by atoms with Gasteiger partial charge in [-0.2, -0.15) is 13.9 Å². The molecule has 0 spiro atoms. The first-order valence-electron chi connectivity index (χ1n) is 10.8. The van der Waals surface area contributed by atoms with E-state index in [1.54, 1.807) is 32.0 Å². The van der Waals surface area contributed by atoms with Crippen LogP contribution in [0.3, 0.4) is 0 Å². The number of pyridine rings is 1. The van der Waals surface area contributed by atoms with Gasteiger partial charge in [0.2, 0.25) is 5.91 Å². The van der Waals surface area contributed by atoms with E-state index < -0.39 is 30.0 Å². The fraction of sp³-hybridized carbons (Fsp3) is 0.391. The van der Waals surface area contributed by atoms with Gasteiger partial charge in [-0.25, -0.2) is 4.39 Å². The standard InChI is InChI=1S/C23H25F3N6O2/c1-13(16-5-4-6-18(20(16)24)23(25,26)12-33)28-22-17-9-15(10-27-21(17)14(2)29-30-22)32-8-7-31(3)19(34)11-32/h4-6,9-10,13,33H,7-8,11-12H2,1-3H3,(H,28,30)/t13-/m1/s1. The molecule has 180 valence electrons. The van der Waals surface area contributed by atoms with Gasteiger partial charge in [0.05, 0.1) is 41.2 Å². The molecule has 1 atom stereocenters. The van der Waals surface area contributed by atoms with Crippen LogP contribution in [0.1, 0.15) is 29.8 Å². The fourth-order valence-corrected chi connectivity index (χ4v) is 3.94. The van der Waals surface area contributed by atoms with Gasteiger partial charge in [-0.1, -0.05) is 12.1 Å². The van der Waals surface area contributed by atoms with Crippen LogP contribution >= 0.6 is 0 Å². The Kier molecular flexibility index (Phi) is 6.30. The first kappa shape index (κ1) is 23.7. The van der Waals surface area contributed by atoms with Crippen LogP contribution in [0.2, 0.25) is 0 Å². The van der Waals surface area contributed by atoms with Gasteiger partial charge < -0.3 is 20.2 Å². The maximum absolute atomic E-state index is 14.9. The summed E-state index contributed by atoms with van der Waals surface area (Å²) in [6.07, 6.45) is 1.67. The van der Waals surface area contributed by atoms with E-state index in [4.69, 9.17) is 5.11 Å². The molecule has 4 rings (SSSR count). The molecule has 11 heteroatoms. The number of amides is 1. The summed E-state index contributed by atoms with van der Waals surface area (Å²) in [6.45, 7) is 3.32. The number of nitrogens with zero attached hydrogens (tertiary/aromatic N) is 5. The molecule has 1 amide bonds. The largest absolute Gasteiger partial charge is 0.390 e. The number of hydrogen-bond acceptors (Lipinski definition) is 7. The van der Waals surface area contributed by atoms with E-state index in [0.29, 0.717) is 35.5 Å². The number of aryl methyl sites for hydroxylation is 1. The Balaban J connectivity index is 1.69. The number of alkyl halides is 2. The fourth-order valence-electron chi connectivity index (χ4n) is 3.94. The van der Waals surface area contributed by atoms with Crippen molar-refractivity contribution in [3.8, 4) is 0 Å². The number of carbonyl (C=O) groups excluding carboxylic acids is 1. The zero-order chi connectivity index (χ0) is 24.6. The number of carbonyl (C=O) groups is 1. The Bertz CT molecular complexity index is 1240. The summed E-state index contributed by atoms with van der Waals surface area (Å²) in [5.74, 6) is -4.49. The third kappa shape index (κ3) is 4.35. The summed E-state index contributed by atoms with van der Waals surface area (Å²) < 4.78 is 42.9. The number of likely N-dealkylation sites (N-methyl/N-ethyl adjacent to an activating group) is 1. The number of anilines is 2. The molecule has 3 aromatic rings. The van der Waals surface area contributed by atoms with E-state index in [9.17, 15) is 18.0 Å². The monoisotopic (exact) mass is 474 g/mol. The molecule has 0 radical (unpaired) electrons. The maximum atomic E-state index is 14.9. The maximum Gasteiger partial charge on any atom is 0.298 e. The van der Waals surface area contributed by atoms with Gasteiger partial charge in [0.1, 0.15) is 12.4 Å². The normalized spacial score (nSPS) is 15.7. The van der Waals surface area contributed by atoms with Crippen molar-refractivity contribution in [1.82, 2.24) is 20.1 Å². The molecule has 0 bridgehead atoms. The summed E-state index contributed by atoms with van der Waals surface area (Å²) in [7, 11) is 1.76. The first-order valence-corrected chi connectivity index (χ1v) is 10.8. The van der Waals surface area contributed by atoms with E-state index in [0.717, 1.165) is 11.8 Å². The van der Waals surface area contributed by atoms with Gasteiger partial charge in [-0.05, 0) is 26.0 Å². The highest BCUT2D eigenvalue weighted by molar-refractivity contribution is 5.93. The molecular weight excluding hydrogens is 449 g/mol. The van der Waals surface area contributed by atoms with Crippen molar-refractivity contribution in [1.29, 1.82) is 0 Å². The lowest BCUT2D eigenvalue weighted by Gasteiger charge is -2.33. The van der Waals surface area contributed by atoms with Gasteiger partial charge in [0, 0.05) is 31.1 Å². The Labute approximate surface area is 194 Å². The smallest absolute Gasteiger partial charge is 0.298 e. The van der Waals surface area contributed by atoms with Crippen LogP contribution in [-0.4, -0.2) is 64.4 Å². The number of aromatic nitrogens is 3. The van der Waals surface area contributed by atoms with Crippen LogP contribution in [0.4, 0.5) is 24.7 Å². The lowest BCUT2D eigenvalue weighted by atomic mass is 10.00. The minimum atomic E-state index is -3.70. The predicted molar refractivity (Wildman–Crippen MR) is 121 cm³/mol. The Hall–Kier alpha value is -3.47. The highest BCUT2D eigenvalue weighted by Gasteiger charge is 2.35. The minimum Gasteiger partial charge on any atom is -0.390 e. The molecule has 0 unspecified atom stereocenters. The summed E-state index contributed by atoms with van der Waals surface area (Å²) in [5.41, 5.74) is 1.02. The number of benzene rings is 1. The van der Waals surface area contributed by atoms with E-state index in [1.165, 1.54) is 12.1 Å². The Morgan fingerprint density at radius 3 is 2.74 bits per heavy atom. The zero-order valence-electron chi connectivity index (χ0n) is 19.0. The molecule has 0 aliphatic carbocycles. The van der Waals surface area contributed by atoms with Gasteiger partial charge in [0.25, 0.3) is 5.92 Å². The van der Waals surface area contributed by atoms with Crippen LogP contribution in [0, 0.1) is 12.7 Å². The van der Waals surface area contributed by atoms with E-state index in [1.807, 2.05) is 11.0 Å². The molecule has 2 N–H and O–H groups in total. The number of aliphatic hydroxyl groups is 1. The van der Waals surface area contributed by atoms with E-state index in [-0.39, 0.29) is 18.0 Å². The molecule has 1 aliphatic rings. The van der Waals surface area contributed by atoms with Crippen molar-refractivity contribution in [2.45, 2.75) is 25.8 Å². The highest BCUT2D eigenvalue weighted by Crippen LogP contribution is 2.34. The van der Waals surface area contributed by atoms with Gasteiger partial charge >= 0.3 is 0 Å². The second-order valence-electron chi connectivity index (χ2n) is 8.40. The third-order valence-corrected chi connectivity index (χ3v) is 6.03.